The second-order valence-corrected chi connectivity index (χ2v) is 12.6. The Kier molecular flexibility index (Phi) is 7.45. The van der Waals surface area contributed by atoms with E-state index in [0.29, 0.717) is 49.3 Å². The lowest BCUT2D eigenvalue weighted by molar-refractivity contribution is 0.103. The van der Waals surface area contributed by atoms with Crippen LogP contribution in [0.15, 0.2) is 35.2 Å². The number of piperazine rings is 1. The number of benzene rings is 1. The molecule has 0 radical (unpaired) electrons. The maximum absolute atomic E-state index is 13.0. The SMILES string of the molecule is Cc1nn(C2CCCCC2)c2sc(C(=O)Nc3ccc(S(=O)(=O)N4CCN(CCO)CC4)cc3)cc12. The van der Waals surface area contributed by atoms with Gasteiger partial charge < -0.3 is 10.4 Å². The Labute approximate surface area is 215 Å². The lowest BCUT2D eigenvalue weighted by Crippen LogP contribution is -2.49. The van der Waals surface area contributed by atoms with E-state index in [1.54, 1.807) is 24.3 Å². The van der Waals surface area contributed by atoms with Gasteiger partial charge in [-0.05, 0) is 50.1 Å². The highest BCUT2D eigenvalue weighted by Crippen LogP contribution is 2.35. The largest absolute Gasteiger partial charge is 0.395 e. The molecule has 1 saturated heterocycles. The van der Waals surface area contributed by atoms with E-state index in [-0.39, 0.29) is 17.4 Å². The molecule has 2 N–H and O–H groups in total. The van der Waals surface area contributed by atoms with Crippen LogP contribution in [0, 0.1) is 6.92 Å². The number of sulfonamides is 1. The Bertz CT molecular complexity index is 1320. The number of hydrogen-bond donors (Lipinski definition) is 2. The molecule has 1 aliphatic heterocycles. The maximum atomic E-state index is 13.0. The quantitative estimate of drug-likeness (QED) is 0.484. The summed E-state index contributed by atoms with van der Waals surface area (Å²) in [5.41, 5.74) is 1.49. The zero-order valence-electron chi connectivity index (χ0n) is 20.5. The third-order valence-electron chi connectivity index (χ3n) is 7.21. The van der Waals surface area contributed by atoms with Crippen molar-refractivity contribution in [3.8, 4) is 0 Å². The summed E-state index contributed by atoms with van der Waals surface area (Å²) in [6.07, 6.45) is 5.97. The number of aliphatic hydroxyl groups excluding tert-OH is 1. The van der Waals surface area contributed by atoms with Crippen LogP contribution < -0.4 is 5.32 Å². The number of aliphatic hydroxyl groups is 1. The van der Waals surface area contributed by atoms with Crippen molar-refractivity contribution in [3.63, 3.8) is 0 Å². The third kappa shape index (κ3) is 5.08. The van der Waals surface area contributed by atoms with E-state index in [1.807, 2.05) is 17.9 Å². The van der Waals surface area contributed by atoms with Crippen molar-refractivity contribution in [2.45, 2.75) is 50.0 Å². The Morgan fingerprint density at radius 2 is 1.81 bits per heavy atom. The Morgan fingerprint density at radius 3 is 2.47 bits per heavy atom. The minimum atomic E-state index is -3.60. The first-order valence-electron chi connectivity index (χ1n) is 12.6. The van der Waals surface area contributed by atoms with Gasteiger partial charge in [0.15, 0.2) is 0 Å². The van der Waals surface area contributed by atoms with E-state index in [9.17, 15) is 13.2 Å². The fraction of sp³-hybridized carbons (Fsp3) is 0.520. The molecule has 0 atom stereocenters. The number of carbonyl (C=O) groups excluding carboxylic acids is 1. The molecule has 1 aromatic carbocycles. The van der Waals surface area contributed by atoms with Crippen LogP contribution in [0.2, 0.25) is 0 Å². The summed E-state index contributed by atoms with van der Waals surface area (Å²) in [5.74, 6) is -0.207. The number of rotatable bonds is 7. The topological polar surface area (TPSA) is 108 Å². The van der Waals surface area contributed by atoms with Crippen LogP contribution >= 0.6 is 11.3 Å². The zero-order valence-corrected chi connectivity index (χ0v) is 22.2. The Hall–Kier alpha value is -2.31. The lowest BCUT2D eigenvalue weighted by atomic mass is 9.96. The molecule has 2 aromatic heterocycles. The van der Waals surface area contributed by atoms with Crippen molar-refractivity contribution in [1.82, 2.24) is 19.0 Å². The number of β-amino-alcohol motifs (C(OH)–C–C–N with tert-alkyl or cyclic N) is 1. The molecule has 0 unspecified atom stereocenters. The monoisotopic (exact) mass is 531 g/mol. The molecule has 1 aliphatic carbocycles. The molecule has 2 aliphatic rings. The van der Waals surface area contributed by atoms with Gasteiger partial charge in [-0.15, -0.1) is 11.3 Å². The minimum absolute atomic E-state index is 0.0694. The van der Waals surface area contributed by atoms with E-state index in [0.717, 1.165) is 28.8 Å². The van der Waals surface area contributed by atoms with E-state index in [2.05, 4.69) is 10.00 Å². The first-order valence-corrected chi connectivity index (χ1v) is 14.9. The van der Waals surface area contributed by atoms with E-state index in [1.165, 1.54) is 34.9 Å². The molecule has 3 aromatic rings. The number of fused-ring (bicyclic) bond motifs is 1. The summed E-state index contributed by atoms with van der Waals surface area (Å²) in [4.78, 5) is 16.9. The average molecular weight is 532 g/mol. The lowest BCUT2D eigenvalue weighted by Gasteiger charge is -2.33. The summed E-state index contributed by atoms with van der Waals surface area (Å²) in [6, 6.07) is 8.66. The number of anilines is 1. The predicted octanol–water partition coefficient (Wildman–Crippen LogP) is 3.46. The van der Waals surface area contributed by atoms with Crippen LogP contribution in [0.4, 0.5) is 5.69 Å². The Balaban J connectivity index is 1.27. The van der Waals surface area contributed by atoms with Crippen LogP contribution in [0.5, 0.6) is 0 Å². The molecule has 3 heterocycles. The number of nitrogens with zero attached hydrogens (tertiary/aromatic N) is 4. The van der Waals surface area contributed by atoms with Crippen LogP contribution in [-0.4, -0.2) is 77.7 Å². The number of amides is 1. The smallest absolute Gasteiger partial charge is 0.265 e. The van der Waals surface area contributed by atoms with Gasteiger partial charge in [0.05, 0.1) is 28.1 Å². The highest BCUT2D eigenvalue weighted by molar-refractivity contribution is 7.89. The number of aromatic nitrogens is 2. The number of nitrogens with one attached hydrogen (secondary N) is 1. The first kappa shape index (κ1) is 25.3. The molecule has 9 nitrogen and oxygen atoms in total. The molecule has 1 amide bonds. The number of aryl methyl sites for hydroxylation is 1. The normalized spacial score (nSPS) is 18.6. The fourth-order valence-electron chi connectivity index (χ4n) is 5.14. The standard InChI is InChI=1S/C25H33N5O4S2/c1-18-22-17-23(35-25(22)30(27-18)20-5-3-2-4-6-20)24(32)26-19-7-9-21(10-8-19)36(33,34)29-13-11-28(12-14-29)15-16-31/h7-10,17,20,31H,2-6,11-16H2,1H3,(H,26,32). The first-order chi connectivity index (χ1) is 17.4. The predicted molar refractivity (Wildman–Crippen MR) is 141 cm³/mol. The van der Waals surface area contributed by atoms with Crippen molar-refractivity contribution >= 4 is 43.2 Å². The molecule has 0 bridgehead atoms. The van der Waals surface area contributed by atoms with Crippen molar-refractivity contribution in [1.29, 1.82) is 0 Å². The molecule has 0 spiro atoms. The van der Waals surface area contributed by atoms with Gasteiger partial charge in [0.2, 0.25) is 10.0 Å². The highest BCUT2D eigenvalue weighted by atomic mass is 32.2. The summed E-state index contributed by atoms with van der Waals surface area (Å²) >= 11 is 1.46. The highest BCUT2D eigenvalue weighted by Gasteiger charge is 2.28. The fourth-order valence-corrected chi connectivity index (χ4v) is 7.69. The van der Waals surface area contributed by atoms with Crippen LogP contribution in [0.3, 0.4) is 0 Å². The van der Waals surface area contributed by atoms with Gasteiger partial charge in [-0.1, -0.05) is 19.3 Å². The van der Waals surface area contributed by atoms with E-state index >= 15 is 0 Å². The van der Waals surface area contributed by atoms with Crippen LogP contribution in [0.1, 0.15) is 53.5 Å². The summed E-state index contributed by atoms with van der Waals surface area (Å²) in [5, 5.41) is 17.8. The van der Waals surface area contributed by atoms with Crippen LogP contribution in [0.25, 0.3) is 10.2 Å². The van der Waals surface area contributed by atoms with Gasteiger partial charge in [-0.3, -0.25) is 14.4 Å². The van der Waals surface area contributed by atoms with Crippen molar-refractivity contribution in [2.24, 2.45) is 0 Å². The second-order valence-electron chi connectivity index (χ2n) is 9.60. The third-order valence-corrected chi connectivity index (χ3v) is 10.2. The van der Waals surface area contributed by atoms with Gasteiger partial charge in [0.25, 0.3) is 5.91 Å². The molecule has 1 saturated carbocycles. The molecule has 2 fully saturated rings. The number of carbonyl (C=O) groups is 1. The van der Waals surface area contributed by atoms with Gasteiger partial charge in [0, 0.05) is 43.8 Å². The van der Waals surface area contributed by atoms with Gasteiger partial charge in [0.1, 0.15) is 4.83 Å². The molecule has 194 valence electrons. The molecular weight excluding hydrogens is 498 g/mol. The van der Waals surface area contributed by atoms with Gasteiger partial charge in [-0.25, -0.2) is 8.42 Å². The minimum Gasteiger partial charge on any atom is -0.395 e. The van der Waals surface area contributed by atoms with E-state index in [4.69, 9.17) is 10.2 Å². The zero-order chi connectivity index (χ0) is 25.3. The van der Waals surface area contributed by atoms with Crippen LogP contribution in [-0.2, 0) is 10.0 Å². The molecule has 36 heavy (non-hydrogen) atoms. The second kappa shape index (κ2) is 10.6. The van der Waals surface area contributed by atoms with Crippen molar-refractivity contribution in [2.75, 3.05) is 44.6 Å². The molecule has 5 rings (SSSR count). The van der Waals surface area contributed by atoms with Gasteiger partial charge >= 0.3 is 0 Å². The number of hydrogen-bond acceptors (Lipinski definition) is 7. The molecule has 11 heteroatoms. The average Bonchev–Trinajstić information content (AvgIpc) is 3.46. The molecular formula is C25H33N5O4S2. The van der Waals surface area contributed by atoms with Crippen molar-refractivity contribution < 1.29 is 18.3 Å². The van der Waals surface area contributed by atoms with Gasteiger partial charge in [-0.2, -0.15) is 9.40 Å². The number of thiophene rings is 1. The van der Waals surface area contributed by atoms with Crippen molar-refractivity contribution in [3.05, 3.63) is 40.9 Å². The Morgan fingerprint density at radius 1 is 1.11 bits per heavy atom. The van der Waals surface area contributed by atoms with E-state index < -0.39 is 10.0 Å². The maximum Gasteiger partial charge on any atom is 0.265 e. The summed E-state index contributed by atoms with van der Waals surface area (Å²) in [7, 11) is -3.60. The summed E-state index contributed by atoms with van der Waals surface area (Å²) < 4.78 is 29.7. The summed E-state index contributed by atoms with van der Waals surface area (Å²) in [6.45, 7) is 4.60.